The topological polar surface area (TPSA) is 85.4 Å². The lowest BCUT2D eigenvalue weighted by atomic mass is 10.2. The fourth-order valence-corrected chi connectivity index (χ4v) is 2.40. The van der Waals surface area contributed by atoms with Crippen LogP contribution < -0.4 is 20.1 Å². The van der Waals surface area contributed by atoms with Crippen LogP contribution in [0.4, 0.5) is 11.5 Å². The number of carbonyl (C=O) groups is 1. The lowest BCUT2D eigenvalue weighted by Crippen LogP contribution is -2.16. The lowest BCUT2D eigenvalue weighted by molar-refractivity contribution is 0.102. The van der Waals surface area contributed by atoms with Crippen LogP contribution in [-0.2, 0) is 0 Å². The largest absolute Gasteiger partial charge is 0.497 e. The van der Waals surface area contributed by atoms with E-state index in [1.807, 2.05) is 55.5 Å². The standard InChI is InChI=1S/C21H22N4O3/c1-15-3-5-16(6-4-15)23-21(26)19-11-12-20(25-24-19)22-13-14-28-18-9-7-17(27-2)8-10-18/h3-12H,13-14H2,1-2H3,(H,22,25)(H,23,26). The van der Waals surface area contributed by atoms with Crippen LogP contribution in [0.2, 0.25) is 0 Å². The minimum absolute atomic E-state index is 0.251. The molecule has 3 aromatic rings. The van der Waals surface area contributed by atoms with Crippen molar-refractivity contribution in [1.82, 2.24) is 10.2 Å². The highest BCUT2D eigenvalue weighted by Crippen LogP contribution is 2.16. The molecule has 0 saturated carbocycles. The number of carbonyl (C=O) groups excluding carboxylic acids is 1. The van der Waals surface area contributed by atoms with Crippen LogP contribution in [0.25, 0.3) is 0 Å². The Hall–Kier alpha value is -3.61. The molecule has 0 aliphatic heterocycles. The number of hydrogen-bond donors (Lipinski definition) is 2. The van der Waals surface area contributed by atoms with Crippen LogP contribution in [0.15, 0.2) is 60.7 Å². The number of ether oxygens (including phenoxy) is 2. The second kappa shape index (κ2) is 9.36. The van der Waals surface area contributed by atoms with Crippen LogP contribution >= 0.6 is 0 Å². The van der Waals surface area contributed by atoms with E-state index in [-0.39, 0.29) is 11.6 Å². The molecule has 0 aliphatic carbocycles. The number of aromatic nitrogens is 2. The first kappa shape index (κ1) is 19.2. The van der Waals surface area contributed by atoms with Gasteiger partial charge < -0.3 is 20.1 Å². The molecular formula is C21H22N4O3. The zero-order chi connectivity index (χ0) is 19.8. The number of nitrogens with one attached hydrogen (secondary N) is 2. The number of methoxy groups -OCH3 is 1. The van der Waals surface area contributed by atoms with E-state index in [4.69, 9.17) is 9.47 Å². The third-order valence-electron chi connectivity index (χ3n) is 3.94. The number of anilines is 2. The molecule has 0 atom stereocenters. The summed E-state index contributed by atoms with van der Waals surface area (Å²) in [7, 11) is 1.62. The first-order valence-electron chi connectivity index (χ1n) is 8.86. The van der Waals surface area contributed by atoms with Crippen LogP contribution in [0, 0.1) is 6.92 Å². The molecule has 3 rings (SSSR count). The Bertz CT molecular complexity index is 894. The summed E-state index contributed by atoms with van der Waals surface area (Å²) >= 11 is 0. The van der Waals surface area contributed by atoms with Gasteiger partial charge >= 0.3 is 0 Å². The van der Waals surface area contributed by atoms with Crippen molar-refractivity contribution >= 4 is 17.4 Å². The maximum absolute atomic E-state index is 12.2. The molecule has 2 aromatic carbocycles. The molecule has 1 aromatic heterocycles. The van der Waals surface area contributed by atoms with Crippen molar-refractivity contribution in [3.05, 3.63) is 71.9 Å². The van der Waals surface area contributed by atoms with E-state index in [0.29, 0.717) is 19.0 Å². The summed E-state index contributed by atoms with van der Waals surface area (Å²) in [5.41, 5.74) is 2.10. The SMILES string of the molecule is COc1ccc(OCCNc2ccc(C(=O)Nc3ccc(C)cc3)nn2)cc1. The van der Waals surface area contributed by atoms with Gasteiger partial charge in [-0.05, 0) is 55.5 Å². The smallest absolute Gasteiger partial charge is 0.276 e. The predicted molar refractivity (Wildman–Crippen MR) is 108 cm³/mol. The summed E-state index contributed by atoms with van der Waals surface area (Å²) in [6.07, 6.45) is 0. The van der Waals surface area contributed by atoms with E-state index < -0.39 is 0 Å². The van der Waals surface area contributed by atoms with Crippen molar-refractivity contribution < 1.29 is 14.3 Å². The number of amides is 1. The minimum Gasteiger partial charge on any atom is -0.497 e. The predicted octanol–water partition coefficient (Wildman–Crippen LogP) is 3.54. The molecule has 1 amide bonds. The molecule has 0 unspecified atom stereocenters. The summed E-state index contributed by atoms with van der Waals surface area (Å²) < 4.78 is 10.7. The fourth-order valence-electron chi connectivity index (χ4n) is 2.40. The van der Waals surface area contributed by atoms with Crippen LogP contribution in [-0.4, -0.2) is 36.4 Å². The van der Waals surface area contributed by atoms with Gasteiger partial charge in [0.15, 0.2) is 5.69 Å². The lowest BCUT2D eigenvalue weighted by Gasteiger charge is -2.09. The first-order chi connectivity index (χ1) is 13.6. The molecule has 144 valence electrons. The van der Waals surface area contributed by atoms with Gasteiger partial charge in [0.2, 0.25) is 0 Å². The highest BCUT2D eigenvalue weighted by molar-refractivity contribution is 6.02. The molecule has 0 saturated heterocycles. The molecule has 7 heteroatoms. The normalized spacial score (nSPS) is 10.2. The summed E-state index contributed by atoms with van der Waals surface area (Å²) in [5.74, 6) is 1.82. The van der Waals surface area contributed by atoms with Crippen molar-refractivity contribution in [2.45, 2.75) is 6.92 Å². The summed E-state index contributed by atoms with van der Waals surface area (Å²) in [4.78, 5) is 12.2. The molecule has 2 N–H and O–H groups in total. The van der Waals surface area contributed by atoms with Crippen molar-refractivity contribution in [3.8, 4) is 11.5 Å². The first-order valence-corrected chi connectivity index (χ1v) is 8.86. The average molecular weight is 378 g/mol. The quantitative estimate of drug-likeness (QED) is 0.583. The third kappa shape index (κ3) is 5.44. The van der Waals surface area contributed by atoms with Gasteiger partial charge in [-0.3, -0.25) is 4.79 Å². The van der Waals surface area contributed by atoms with Crippen LogP contribution in [0.5, 0.6) is 11.5 Å². The highest BCUT2D eigenvalue weighted by atomic mass is 16.5. The number of aryl methyl sites for hydroxylation is 1. The van der Waals surface area contributed by atoms with E-state index in [1.54, 1.807) is 19.2 Å². The van der Waals surface area contributed by atoms with Crippen LogP contribution in [0.3, 0.4) is 0 Å². The monoisotopic (exact) mass is 378 g/mol. The number of nitrogens with zero attached hydrogens (tertiary/aromatic N) is 2. The Balaban J connectivity index is 1.44. The molecule has 0 radical (unpaired) electrons. The van der Waals surface area contributed by atoms with Gasteiger partial charge in [-0.2, -0.15) is 0 Å². The highest BCUT2D eigenvalue weighted by Gasteiger charge is 2.08. The average Bonchev–Trinajstić information content (AvgIpc) is 2.73. The Morgan fingerprint density at radius 2 is 1.64 bits per heavy atom. The van der Waals surface area contributed by atoms with Gasteiger partial charge in [0.05, 0.1) is 13.7 Å². The van der Waals surface area contributed by atoms with Gasteiger partial charge in [-0.1, -0.05) is 17.7 Å². The second-order valence-corrected chi connectivity index (χ2v) is 6.07. The molecule has 1 heterocycles. The van der Waals surface area contributed by atoms with E-state index >= 15 is 0 Å². The van der Waals surface area contributed by atoms with Crippen molar-refractivity contribution in [2.75, 3.05) is 30.9 Å². The van der Waals surface area contributed by atoms with E-state index in [2.05, 4.69) is 20.8 Å². The van der Waals surface area contributed by atoms with Gasteiger partial charge in [0, 0.05) is 5.69 Å². The van der Waals surface area contributed by atoms with Crippen molar-refractivity contribution in [1.29, 1.82) is 0 Å². The molecule has 7 nitrogen and oxygen atoms in total. The van der Waals surface area contributed by atoms with Crippen molar-refractivity contribution in [3.63, 3.8) is 0 Å². The van der Waals surface area contributed by atoms with E-state index in [1.165, 1.54) is 0 Å². The van der Waals surface area contributed by atoms with Gasteiger partial charge in [0.25, 0.3) is 5.91 Å². The Morgan fingerprint density at radius 1 is 0.929 bits per heavy atom. The summed E-state index contributed by atoms with van der Waals surface area (Å²) in [6, 6.07) is 18.3. The summed E-state index contributed by atoms with van der Waals surface area (Å²) in [6.45, 7) is 3.00. The second-order valence-electron chi connectivity index (χ2n) is 6.07. The molecule has 0 aliphatic rings. The minimum atomic E-state index is -0.300. The van der Waals surface area contributed by atoms with Crippen LogP contribution in [0.1, 0.15) is 16.1 Å². The van der Waals surface area contributed by atoms with Crippen molar-refractivity contribution in [2.24, 2.45) is 0 Å². The molecule has 0 spiro atoms. The molecule has 0 bridgehead atoms. The molecule has 0 fully saturated rings. The zero-order valence-corrected chi connectivity index (χ0v) is 15.8. The Labute approximate surface area is 163 Å². The number of rotatable bonds is 8. The molecule has 28 heavy (non-hydrogen) atoms. The zero-order valence-electron chi connectivity index (χ0n) is 15.8. The number of hydrogen-bond acceptors (Lipinski definition) is 6. The maximum atomic E-state index is 12.2. The summed E-state index contributed by atoms with van der Waals surface area (Å²) in [5, 5.41) is 13.9. The van der Waals surface area contributed by atoms with Gasteiger partial charge in [-0.15, -0.1) is 10.2 Å². The maximum Gasteiger partial charge on any atom is 0.276 e. The third-order valence-corrected chi connectivity index (χ3v) is 3.94. The fraction of sp³-hybridized carbons (Fsp3) is 0.190. The number of benzene rings is 2. The van der Waals surface area contributed by atoms with Gasteiger partial charge in [0.1, 0.15) is 23.9 Å². The van der Waals surface area contributed by atoms with Gasteiger partial charge in [-0.25, -0.2) is 0 Å². The van der Waals surface area contributed by atoms with E-state index in [9.17, 15) is 4.79 Å². The van der Waals surface area contributed by atoms with E-state index in [0.717, 1.165) is 22.7 Å². The molecular weight excluding hydrogens is 356 g/mol. The Kier molecular flexibility index (Phi) is 6.41. The Morgan fingerprint density at radius 3 is 2.29 bits per heavy atom.